The molecule has 16 heavy (non-hydrogen) atoms. The molecule has 4 heteroatoms. The summed E-state index contributed by atoms with van der Waals surface area (Å²) in [7, 11) is 0. The molecule has 2 aromatic rings. The number of hydrogen-bond acceptors (Lipinski definition) is 3. The van der Waals surface area contributed by atoms with Crippen LogP contribution in [0.25, 0.3) is 0 Å². The average molecular weight is 217 g/mol. The van der Waals surface area contributed by atoms with Crippen LogP contribution in [0.15, 0.2) is 36.8 Å². The summed E-state index contributed by atoms with van der Waals surface area (Å²) in [6, 6.07) is 5.70. The molecule has 0 amide bonds. The Kier molecular flexibility index (Phi) is 3.31. The molecule has 0 radical (unpaired) electrons. The van der Waals surface area contributed by atoms with E-state index in [2.05, 4.69) is 10.1 Å². The minimum atomic E-state index is -0.532. The number of aliphatic hydroxyl groups is 1. The lowest BCUT2D eigenvalue weighted by atomic mass is 10.1. The summed E-state index contributed by atoms with van der Waals surface area (Å²) in [5, 5.41) is 14.1. The maximum absolute atomic E-state index is 9.99. The topological polar surface area (TPSA) is 50.9 Å². The first-order chi connectivity index (χ1) is 7.79. The summed E-state index contributed by atoms with van der Waals surface area (Å²) in [6.07, 6.45) is 5.30. The van der Waals surface area contributed by atoms with Gasteiger partial charge in [-0.3, -0.25) is 9.67 Å². The van der Waals surface area contributed by atoms with Crippen LogP contribution in [0.4, 0.5) is 0 Å². The highest BCUT2D eigenvalue weighted by atomic mass is 16.3. The lowest BCUT2D eigenvalue weighted by Gasteiger charge is -2.07. The van der Waals surface area contributed by atoms with E-state index in [0.29, 0.717) is 6.42 Å². The first kappa shape index (κ1) is 10.8. The monoisotopic (exact) mass is 217 g/mol. The van der Waals surface area contributed by atoms with Gasteiger partial charge in [0.1, 0.15) is 0 Å². The SMILES string of the molecule is CCn1cc(C(O)Cc2ccccn2)cn1. The van der Waals surface area contributed by atoms with Crippen LogP contribution in [0.3, 0.4) is 0 Å². The number of aliphatic hydroxyl groups excluding tert-OH is 1. The molecule has 0 bridgehead atoms. The third-order valence-electron chi connectivity index (χ3n) is 2.49. The van der Waals surface area contributed by atoms with Crippen molar-refractivity contribution in [2.45, 2.75) is 26.0 Å². The maximum atomic E-state index is 9.99. The maximum Gasteiger partial charge on any atom is 0.0875 e. The second kappa shape index (κ2) is 4.90. The van der Waals surface area contributed by atoms with Crippen molar-refractivity contribution in [2.75, 3.05) is 0 Å². The Morgan fingerprint density at radius 3 is 2.94 bits per heavy atom. The molecule has 1 N–H and O–H groups in total. The first-order valence-corrected chi connectivity index (χ1v) is 5.40. The molecule has 2 rings (SSSR count). The summed E-state index contributed by atoms with van der Waals surface area (Å²) >= 11 is 0. The van der Waals surface area contributed by atoms with Crippen LogP contribution < -0.4 is 0 Å². The fourth-order valence-electron chi connectivity index (χ4n) is 1.56. The van der Waals surface area contributed by atoms with Gasteiger partial charge in [-0.15, -0.1) is 0 Å². The zero-order chi connectivity index (χ0) is 11.4. The predicted octanol–water partition coefficient (Wildman–Crippen LogP) is 1.57. The minimum absolute atomic E-state index is 0.524. The zero-order valence-electron chi connectivity index (χ0n) is 9.24. The molecule has 0 saturated heterocycles. The Bertz CT molecular complexity index is 439. The van der Waals surface area contributed by atoms with E-state index in [9.17, 15) is 5.11 Å². The highest BCUT2D eigenvalue weighted by Crippen LogP contribution is 2.16. The number of pyridine rings is 1. The number of aryl methyl sites for hydroxylation is 1. The predicted molar refractivity (Wildman–Crippen MR) is 60.8 cm³/mol. The molecule has 1 unspecified atom stereocenters. The van der Waals surface area contributed by atoms with Crippen LogP contribution in [0.1, 0.15) is 24.3 Å². The van der Waals surface area contributed by atoms with Gasteiger partial charge in [0.15, 0.2) is 0 Å². The largest absolute Gasteiger partial charge is 0.388 e. The van der Waals surface area contributed by atoms with Crippen LogP contribution in [0.5, 0.6) is 0 Å². The van der Waals surface area contributed by atoms with Crippen molar-refractivity contribution in [2.24, 2.45) is 0 Å². The van der Waals surface area contributed by atoms with E-state index in [0.717, 1.165) is 17.8 Å². The fraction of sp³-hybridized carbons (Fsp3) is 0.333. The van der Waals surface area contributed by atoms with Crippen LogP contribution in [-0.4, -0.2) is 19.9 Å². The van der Waals surface area contributed by atoms with Crippen LogP contribution >= 0.6 is 0 Å². The van der Waals surface area contributed by atoms with Crippen LogP contribution in [0.2, 0.25) is 0 Å². The molecule has 84 valence electrons. The molecule has 0 aliphatic heterocycles. The highest BCUT2D eigenvalue weighted by molar-refractivity contribution is 5.13. The van der Waals surface area contributed by atoms with Gasteiger partial charge in [-0.1, -0.05) is 6.07 Å². The van der Waals surface area contributed by atoms with E-state index in [-0.39, 0.29) is 0 Å². The lowest BCUT2D eigenvalue weighted by molar-refractivity contribution is 0.177. The minimum Gasteiger partial charge on any atom is -0.388 e. The Labute approximate surface area is 94.6 Å². The molecule has 2 aromatic heterocycles. The molecule has 0 fully saturated rings. The second-order valence-electron chi connectivity index (χ2n) is 3.67. The van der Waals surface area contributed by atoms with E-state index in [1.807, 2.05) is 31.3 Å². The molecule has 0 aliphatic carbocycles. The van der Waals surface area contributed by atoms with Gasteiger partial charge >= 0.3 is 0 Å². The summed E-state index contributed by atoms with van der Waals surface area (Å²) in [5.74, 6) is 0. The number of rotatable bonds is 4. The quantitative estimate of drug-likeness (QED) is 0.845. The Balaban J connectivity index is 2.05. The van der Waals surface area contributed by atoms with Crippen molar-refractivity contribution in [3.05, 3.63) is 48.0 Å². The van der Waals surface area contributed by atoms with Crippen LogP contribution in [0, 0.1) is 0 Å². The highest BCUT2D eigenvalue weighted by Gasteiger charge is 2.11. The third kappa shape index (κ3) is 2.46. The number of nitrogens with zero attached hydrogens (tertiary/aromatic N) is 3. The average Bonchev–Trinajstić information content (AvgIpc) is 2.79. The molecule has 0 saturated carbocycles. The molecule has 4 nitrogen and oxygen atoms in total. The summed E-state index contributed by atoms with van der Waals surface area (Å²) in [6.45, 7) is 2.83. The summed E-state index contributed by atoms with van der Waals surface area (Å²) < 4.78 is 1.80. The van der Waals surface area contributed by atoms with Crippen LogP contribution in [-0.2, 0) is 13.0 Å². The Hall–Kier alpha value is -1.68. The van der Waals surface area contributed by atoms with Gasteiger partial charge in [0, 0.05) is 36.6 Å². The van der Waals surface area contributed by atoms with E-state index in [1.165, 1.54) is 0 Å². The number of aromatic nitrogens is 3. The van der Waals surface area contributed by atoms with Crippen molar-refractivity contribution >= 4 is 0 Å². The van der Waals surface area contributed by atoms with Gasteiger partial charge in [-0.05, 0) is 19.1 Å². The smallest absolute Gasteiger partial charge is 0.0875 e. The third-order valence-corrected chi connectivity index (χ3v) is 2.49. The van der Waals surface area contributed by atoms with Gasteiger partial charge in [-0.25, -0.2) is 0 Å². The van der Waals surface area contributed by atoms with Crippen molar-refractivity contribution in [3.8, 4) is 0 Å². The van der Waals surface area contributed by atoms with Crippen molar-refractivity contribution in [3.63, 3.8) is 0 Å². The fourth-order valence-corrected chi connectivity index (χ4v) is 1.56. The Morgan fingerprint density at radius 1 is 1.44 bits per heavy atom. The van der Waals surface area contributed by atoms with Crippen molar-refractivity contribution in [1.82, 2.24) is 14.8 Å². The van der Waals surface area contributed by atoms with E-state index in [1.54, 1.807) is 17.1 Å². The van der Waals surface area contributed by atoms with E-state index >= 15 is 0 Å². The molecular weight excluding hydrogens is 202 g/mol. The molecule has 1 atom stereocenters. The van der Waals surface area contributed by atoms with Gasteiger partial charge in [0.2, 0.25) is 0 Å². The Morgan fingerprint density at radius 2 is 2.31 bits per heavy atom. The van der Waals surface area contributed by atoms with E-state index in [4.69, 9.17) is 0 Å². The molecule has 2 heterocycles. The number of hydrogen-bond donors (Lipinski definition) is 1. The van der Waals surface area contributed by atoms with Crippen molar-refractivity contribution in [1.29, 1.82) is 0 Å². The van der Waals surface area contributed by atoms with Crippen molar-refractivity contribution < 1.29 is 5.11 Å². The normalized spacial score (nSPS) is 12.6. The standard InChI is InChI=1S/C12H15N3O/c1-2-15-9-10(8-14-15)12(16)7-11-5-3-4-6-13-11/h3-6,8-9,12,16H,2,7H2,1H3. The van der Waals surface area contributed by atoms with Gasteiger partial charge < -0.3 is 5.11 Å². The molecule has 0 aliphatic rings. The van der Waals surface area contributed by atoms with Gasteiger partial charge in [0.25, 0.3) is 0 Å². The zero-order valence-corrected chi connectivity index (χ0v) is 9.24. The second-order valence-corrected chi connectivity index (χ2v) is 3.67. The lowest BCUT2D eigenvalue weighted by Crippen LogP contribution is -2.02. The summed E-state index contributed by atoms with van der Waals surface area (Å²) in [4.78, 5) is 4.18. The summed E-state index contributed by atoms with van der Waals surface area (Å²) in [5.41, 5.74) is 1.73. The molecule has 0 spiro atoms. The van der Waals surface area contributed by atoms with E-state index < -0.39 is 6.10 Å². The molecule has 0 aromatic carbocycles. The van der Waals surface area contributed by atoms with Gasteiger partial charge in [-0.2, -0.15) is 5.10 Å². The molecular formula is C12H15N3O. The van der Waals surface area contributed by atoms with Gasteiger partial charge in [0.05, 0.1) is 12.3 Å². The first-order valence-electron chi connectivity index (χ1n) is 5.40.